The number of aryl methyl sites for hydroxylation is 1. The normalized spacial score (nSPS) is 11.4. The first-order chi connectivity index (χ1) is 17.6. The number of nitrogens with one attached hydrogen (secondary N) is 3. The summed E-state index contributed by atoms with van der Waals surface area (Å²) in [5, 5.41) is 11.3. The molecule has 0 atom stereocenters. The number of amides is 1. The molecule has 10 nitrogen and oxygen atoms in total. The number of carbonyl (C=O) groups excluding carboxylic acids is 1. The van der Waals surface area contributed by atoms with Gasteiger partial charge in [0.2, 0.25) is 5.91 Å². The number of benzene rings is 1. The van der Waals surface area contributed by atoms with Crippen LogP contribution in [0.4, 0.5) is 5.69 Å². The van der Waals surface area contributed by atoms with Crippen molar-refractivity contribution in [1.82, 2.24) is 39.7 Å². The summed E-state index contributed by atoms with van der Waals surface area (Å²) in [7, 11) is 0. The summed E-state index contributed by atoms with van der Waals surface area (Å²) in [6.45, 7) is 3.93. The van der Waals surface area contributed by atoms with Crippen molar-refractivity contribution in [2.24, 2.45) is 0 Å². The zero-order chi connectivity index (χ0) is 24.6. The summed E-state index contributed by atoms with van der Waals surface area (Å²) >= 11 is 0. The predicted octanol–water partition coefficient (Wildman–Crippen LogP) is 4.80. The molecule has 178 valence electrons. The maximum Gasteiger partial charge on any atom is 0.224 e. The third-order valence-electron chi connectivity index (χ3n) is 5.95. The lowest BCUT2D eigenvalue weighted by molar-refractivity contribution is -0.116. The molecular weight excluding hydrogens is 454 g/mol. The van der Waals surface area contributed by atoms with Gasteiger partial charge in [0.15, 0.2) is 5.82 Å². The number of nitrogens with zero attached hydrogens (tertiary/aromatic N) is 6. The summed E-state index contributed by atoms with van der Waals surface area (Å²) in [5.41, 5.74) is 7.23. The van der Waals surface area contributed by atoms with Crippen LogP contribution < -0.4 is 5.32 Å². The van der Waals surface area contributed by atoms with Crippen molar-refractivity contribution < 1.29 is 4.79 Å². The summed E-state index contributed by atoms with van der Waals surface area (Å²) in [6, 6.07) is 9.81. The summed E-state index contributed by atoms with van der Waals surface area (Å²) in [5.74, 6) is 0.614. The molecule has 1 amide bonds. The Balaban J connectivity index is 1.40. The van der Waals surface area contributed by atoms with Crippen LogP contribution in [0.3, 0.4) is 0 Å². The molecule has 0 fully saturated rings. The average molecular weight is 478 g/mol. The van der Waals surface area contributed by atoms with E-state index in [0.29, 0.717) is 23.6 Å². The second-order valence-electron chi connectivity index (χ2n) is 8.63. The maximum atomic E-state index is 12.0. The van der Waals surface area contributed by atoms with Gasteiger partial charge >= 0.3 is 0 Å². The van der Waals surface area contributed by atoms with Crippen LogP contribution in [-0.4, -0.2) is 45.6 Å². The number of para-hydroxylation sites is 1. The van der Waals surface area contributed by atoms with Crippen LogP contribution in [0.5, 0.6) is 0 Å². The third kappa shape index (κ3) is 3.88. The molecule has 6 aromatic rings. The van der Waals surface area contributed by atoms with Crippen molar-refractivity contribution >= 4 is 33.5 Å². The van der Waals surface area contributed by atoms with Gasteiger partial charge in [-0.05, 0) is 37.6 Å². The lowest BCUT2D eigenvalue weighted by Gasteiger charge is -2.06. The molecule has 1 aromatic carbocycles. The summed E-state index contributed by atoms with van der Waals surface area (Å²) < 4.78 is 1.96. The van der Waals surface area contributed by atoms with Crippen molar-refractivity contribution in [2.45, 2.75) is 26.7 Å². The lowest BCUT2D eigenvalue weighted by Crippen LogP contribution is -2.10. The fourth-order valence-electron chi connectivity index (χ4n) is 4.24. The van der Waals surface area contributed by atoms with Gasteiger partial charge in [-0.1, -0.05) is 13.0 Å². The first kappa shape index (κ1) is 21.7. The fraction of sp³-hybridized carbons (Fsp3) is 0.154. The quantitative estimate of drug-likeness (QED) is 0.316. The number of anilines is 1. The van der Waals surface area contributed by atoms with Crippen LogP contribution in [0.2, 0.25) is 0 Å². The molecule has 0 spiro atoms. The monoisotopic (exact) mass is 477 g/mol. The SMILES string of the molecule is CCCC(=O)Nc1cncc(-c2cc3c(-c4nc5c(-n6cnc(C)c6)cccc5[nH]4)n[nH]c3cn2)c1. The smallest absolute Gasteiger partial charge is 0.224 e. The Labute approximate surface area is 205 Å². The van der Waals surface area contributed by atoms with Crippen molar-refractivity contribution in [3.05, 3.63) is 67.1 Å². The Hall–Kier alpha value is -4.86. The number of carbonyl (C=O) groups is 1. The number of H-pyrrole nitrogens is 2. The van der Waals surface area contributed by atoms with E-state index in [0.717, 1.165) is 51.0 Å². The first-order valence-electron chi connectivity index (χ1n) is 11.7. The van der Waals surface area contributed by atoms with Gasteiger partial charge in [0, 0.05) is 29.8 Å². The van der Waals surface area contributed by atoms with Gasteiger partial charge in [-0.3, -0.25) is 19.9 Å². The number of rotatable bonds is 6. The van der Waals surface area contributed by atoms with Crippen molar-refractivity contribution in [2.75, 3.05) is 5.32 Å². The second-order valence-corrected chi connectivity index (χ2v) is 8.63. The molecule has 0 aliphatic rings. The van der Waals surface area contributed by atoms with E-state index in [9.17, 15) is 4.79 Å². The van der Waals surface area contributed by atoms with Gasteiger partial charge in [-0.25, -0.2) is 9.97 Å². The Kier molecular flexibility index (Phi) is 5.25. The average Bonchev–Trinajstić information content (AvgIpc) is 3.61. The lowest BCUT2D eigenvalue weighted by atomic mass is 10.1. The molecule has 0 saturated carbocycles. The number of aromatic nitrogens is 8. The van der Waals surface area contributed by atoms with E-state index < -0.39 is 0 Å². The molecule has 5 heterocycles. The predicted molar refractivity (Wildman–Crippen MR) is 138 cm³/mol. The van der Waals surface area contributed by atoms with Crippen LogP contribution in [0.1, 0.15) is 25.5 Å². The zero-order valence-electron chi connectivity index (χ0n) is 19.8. The van der Waals surface area contributed by atoms with Crippen LogP contribution >= 0.6 is 0 Å². The molecular formula is C26H23N9O. The van der Waals surface area contributed by atoms with Crippen LogP contribution in [0.15, 0.2) is 61.4 Å². The minimum atomic E-state index is -0.0351. The van der Waals surface area contributed by atoms with E-state index in [1.54, 1.807) is 24.9 Å². The Morgan fingerprint density at radius 3 is 2.86 bits per heavy atom. The third-order valence-corrected chi connectivity index (χ3v) is 5.95. The molecule has 0 radical (unpaired) electrons. The summed E-state index contributed by atoms with van der Waals surface area (Å²) in [6.07, 6.45) is 10.1. The molecule has 6 rings (SSSR count). The minimum absolute atomic E-state index is 0.0351. The fourth-order valence-corrected chi connectivity index (χ4v) is 4.24. The van der Waals surface area contributed by atoms with E-state index >= 15 is 0 Å². The van der Waals surface area contributed by atoms with Crippen LogP contribution in [0, 0.1) is 6.92 Å². The Morgan fingerprint density at radius 1 is 1.11 bits per heavy atom. The number of pyridine rings is 2. The number of hydrogen-bond donors (Lipinski definition) is 3. The number of fused-ring (bicyclic) bond motifs is 2. The second kappa shape index (κ2) is 8.73. The molecule has 3 N–H and O–H groups in total. The number of aromatic amines is 2. The van der Waals surface area contributed by atoms with Gasteiger partial charge in [-0.2, -0.15) is 5.10 Å². The highest BCUT2D eigenvalue weighted by Gasteiger charge is 2.16. The molecule has 0 saturated heterocycles. The Morgan fingerprint density at radius 2 is 2.03 bits per heavy atom. The van der Waals surface area contributed by atoms with Crippen LogP contribution in [0.25, 0.3) is 50.4 Å². The van der Waals surface area contributed by atoms with Gasteiger partial charge < -0.3 is 14.9 Å². The molecule has 5 aromatic heterocycles. The summed E-state index contributed by atoms with van der Waals surface area (Å²) in [4.78, 5) is 33.5. The minimum Gasteiger partial charge on any atom is -0.336 e. The van der Waals surface area contributed by atoms with Crippen molar-refractivity contribution in [3.63, 3.8) is 0 Å². The molecule has 36 heavy (non-hydrogen) atoms. The zero-order valence-corrected chi connectivity index (χ0v) is 19.8. The number of hydrogen-bond acceptors (Lipinski definition) is 6. The highest BCUT2D eigenvalue weighted by atomic mass is 16.1. The first-order valence-corrected chi connectivity index (χ1v) is 11.7. The highest BCUT2D eigenvalue weighted by Crippen LogP contribution is 2.31. The van der Waals surface area contributed by atoms with E-state index in [1.807, 2.05) is 54.9 Å². The standard InChI is InChI=1S/C26H23N9O/c1-3-5-23(36)30-17-8-16(10-27-11-17)20-9-18-21(12-28-20)33-34-24(18)26-31-19-6-4-7-22(25(19)32-26)35-13-15(2)29-14-35/h4,6-14H,3,5H2,1-2H3,(H,30,36)(H,31,32)(H,33,34). The van der Waals surface area contributed by atoms with Crippen LogP contribution in [-0.2, 0) is 4.79 Å². The topological polar surface area (TPSA) is 130 Å². The van der Waals surface area contributed by atoms with E-state index in [1.165, 1.54) is 0 Å². The molecule has 0 aliphatic carbocycles. The highest BCUT2D eigenvalue weighted by molar-refractivity contribution is 5.96. The van der Waals surface area contributed by atoms with Gasteiger partial charge in [0.1, 0.15) is 11.2 Å². The number of imidazole rings is 2. The molecule has 0 unspecified atom stereocenters. The van der Waals surface area contributed by atoms with E-state index in [-0.39, 0.29) is 5.91 Å². The molecule has 0 bridgehead atoms. The molecule has 10 heteroatoms. The van der Waals surface area contributed by atoms with Gasteiger partial charge in [0.05, 0.1) is 52.5 Å². The molecule has 0 aliphatic heterocycles. The maximum absolute atomic E-state index is 12.0. The van der Waals surface area contributed by atoms with Crippen molar-refractivity contribution in [3.8, 4) is 28.5 Å². The van der Waals surface area contributed by atoms with E-state index in [2.05, 4.69) is 35.5 Å². The Bertz CT molecular complexity index is 1730. The van der Waals surface area contributed by atoms with Gasteiger partial charge in [0.25, 0.3) is 0 Å². The van der Waals surface area contributed by atoms with Gasteiger partial charge in [-0.15, -0.1) is 0 Å². The van der Waals surface area contributed by atoms with Crippen molar-refractivity contribution in [1.29, 1.82) is 0 Å². The largest absolute Gasteiger partial charge is 0.336 e. The van der Waals surface area contributed by atoms with E-state index in [4.69, 9.17) is 4.98 Å².